The third kappa shape index (κ3) is 6.27. The van der Waals surface area contributed by atoms with Gasteiger partial charge in [-0.15, -0.1) is 0 Å². The van der Waals surface area contributed by atoms with Crippen LogP contribution < -0.4 is 14.4 Å². The Kier molecular flexibility index (Phi) is 7.87. The van der Waals surface area contributed by atoms with E-state index in [1.54, 1.807) is 31.2 Å². The molecule has 28 heavy (non-hydrogen) atoms. The van der Waals surface area contributed by atoms with E-state index in [1.165, 1.54) is 5.56 Å². The summed E-state index contributed by atoms with van der Waals surface area (Å²) >= 11 is 0. The molecule has 0 radical (unpaired) electrons. The third-order valence-electron chi connectivity index (χ3n) is 4.27. The van der Waals surface area contributed by atoms with Gasteiger partial charge in [-0.05, 0) is 56.5 Å². The van der Waals surface area contributed by atoms with Crippen molar-refractivity contribution in [2.24, 2.45) is 0 Å². The average molecular weight is 405 g/mol. The highest BCUT2D eigenvalue weighted by Gasteiger charge is 2.28. The van der Waals surface area contributed by atoms with Gasteiger partial charge in [0, 0.05) is 6.54 Å². The number of hydrogen-bond donors (Lipinski definition) is 1. The Bertz CT molecular complexity index is 852. The van der Waals surface area contributed by atoms with Crippen molar-refractivity contribution in [1.82, 2.24) is 5.32 Å². The number of nitrogens with zero attached hydrogens (tertiary/aromatic N) is 1. The highest BCUT2D eigenvalue weighted by molar-refractivity contribution is 7.92. The average Bonchev–Trinajstić information content (AvgIpc) is 2.66. The molecular formula is C21H28N2O4S. The van der Waals surface area contributed by atoms with E-state index in [0.717, 1.165) is 23.4 Å². The van der Waals surface area contributed by atoms with E-state index in [1.807, 2.05) is 37.3 Å². The van der Waals surface area contributed by atoms with Crippen molar-refractivity contribution in [2.45, 2.75) is 32.7 Å². The first-order chi connectivity index (χ1) is 13.3. The van der Waals surface area contributed by atoms with Crippen LogP contribution in [0.15, 0.2) is 54.6 Å². The number of benzene rings is 2. The molecular weight excluding hydrogens is 376 g/mol. The van der Waals surface area contributed by atoms with Crippen molar-refractivity contribution in [3.05, 3.63) is 60.2 Å². The summed E-state index contributed by atoms with van der Waals surface area (Å²) in [4.78, 5) is 12.5. The Balaban J connectivity index is 1.99. The Hall–Kier alpha value is -2.54. The lowest BCUT2D eigenvalue weighted by molar-refractivity contribution is -0.121. The van der Waals surface area contributed by atoms with E-state index in [-0.39, 0.29) is 5.91 Å². The van der Waals surface area contributed by atoms with Crippen LogP contribution in [0.25, 0.3) is 0 Å². The number of hydrogen-bond acceptors (Lipinski definition) is 4. The standard InChI is InChI=1S/C21H28N2O4S/c1-4-27-20-14-12-19(13-15-20)23(28(3,25)26)17(2)21(24)22-16-8-11-18-9-6-5-7-10-18/h5-7,9-10,12-15,17H,4,8,11,16H2,1-3H3,(H,22,24)/t17-/m1/s1. The van der Waals surface area contributed by atoms with Gasteiger partial charge in [-0.1, -0.05) is 30.3 Å². The van der Waals surface area contributed by atoms with Gasteiger partial charge >= 0.3 is 0 Å². The van der Waals surface area contributed by atoms with Gasteiger partial charge < -0.3 is 10.1 Å². The predicted octanol–water partition coefficient (Wildman–Crippen LogP) is 2.99. The molecule has 1 atom stereocenters. The van der Waals surface area contributed by atoms with E-state index in [9.17, 15) is 13.2 Å². The zero-order valence-electron chi connectivity index (χ0n) is 16.6. The van der Waals surface area contributed by atoms with Gasteiger partial charge in [0.25, 0.3) is 0 Å². The first kappa shape index (κ1) is 21.8. The highest BCUT2D eigenvalue weighted by atomic mass is 32.2. The van der Waals surface area contributed by atoms with Crippen molar-refractivity contribution in [1.29, 1.82) is 0 Å². The van der Waals surface area contributed by atoms with Gasteiger partial charge in [-0.25, -0.2) is 8.42 Å². The van der Waals surface area contributed by atoms with Crippen LogP contribution in [0.2, 0.25) is 0 Å². The summed E-state index contributed by atoms with van der Waals surface area (Å²) in [5.41, 5.74) is 1.63. The zero-order chi connectivity index (χ0) is 20.6. The second kappa shape index (κ2) is 10.1. The van der Waals surface area contributed by atoms with Crippen molar-refractivity contribution >= 4 is 21.6 Å². The molecule has 0 spiro atoms. The molecule has 0 aliphatic carbocycles. The molecule has 1 N–H and O–H groups in total. The second-order valence-electron chi connectivity index (χ2n) is 6.54. The summed E-state index contributed by atoms with van der Waals surface area (Å²) in [5, 5.41) is 2.84. The largest absolute Gasteiger partial charge is 0.494 e. The third-order valence-corrected chi connectivity index (χ3v) is 5.52. The molecule has 2 rings (SSSR count). The fourth-order valence-corrected chi connectivity index (χ4v) is 4.14. The van der Waals surface area contributed by atoms with E-state index in [2.05, 4.69) is 5.32 Å². The normalized spacial score (nSPS) is 12.2. The van der Waals surface area contributed by atoms with Crippen LogP contribution in [-0.4, -0.2) is 39.8 Å². The van der Waals surface area contributed by atoms with Crippen LogP contribution in [0, 0.1) is 0 Å². The first-order valence-electron chi connectivity index (χ1n) is 9.37. The summed E-state index contributed by atoms with van der Waals surface area (Å²) in [6.07, 6.45) is 2.73. The molecule has 0 bridgehead atoms. The van der Waals surface area contributed by atoms with Crippen molar-refractivity contribution in [3.8, 4) is 5.75 Å². The molecule has 0 unspecified atom stereocenters. The molecule has 0 aliphatic rings. The van der Waals surface area contributed by atoms with Gasteiger partial charge in [-0.3, -0.25) is 9.10 Å². The van der Waals surface area contributed by atoms with Crippen LogP contribution in [0.5, 0.6) is 5.75 Å². The summed E-state index contributed by atoms with van der Waals surface area (Å²) < 4.78 is 31.2. The smallest absolute Gasteiger partial charge is 0.243 e. The van der Waals surface area contributed by atoms with E-state index in [4.69, 9.17) is 4.74 Å². The lowest BCUT2D eigenvalue weighted by atomic mass is 10.1. The highest BCUT2D eigenvalue weighted by Crippen LogP contribution is 2.24. The van der Waals surface area contributed by atoms with Gasteiger partial charge in [0.1, 0.15) is 11.8 Å². The van der Waals surface area contributed by atoms with Gasteiger partial charge in [-0.2, -0.15) is 0 Å². The summed E-state index contributed by atoms with van der Waals surface area (Å²) in [5.74, 6) is 0.324. The number of anilines is 1. The lowest BCUT2D eigenvalue weighted by Gasteiger charge is -2.28. The van der Waals surface area contributed by atoms with Gasteiger partial charge in [0.05, 0.1) is 18.6 Å². The fourth-order valence-electron chi connectivity index (χ4n) is 2.96. The molecule has 0 aliphatic heterocycles. The van der Waals surface area contributed by atoms with Crippen LogP contribution in [0.1, 0.15) is 25.8 Å². The number of nitrogens with one attached hydrogen (secondary N) is 1. The minimum atomic E-state index is -3.63. The Labute approximate surface area is 167 Å². The van der Waals surface area contributed by atoms with Gasteiger partial charge in [0.15, 0.2) is 0 Å². The summed E-state index contributed by atoms with van der Waals surface area (Å²) in [6.45, 7) is 4.47. The first-order valence-corrected chi connectivity index (χ1v) is 11.2. The molecule has 0 saturated heterocycles. The number of carbonyl (C=O) groups is 1. The van der Waals surface area contributed by atoms with Crippen LogP contribution in [0.4, 0.5) is 5.69 Å². The zero-order valence-corrected chi connectivity index (χ0v) is 17.4. The molecule has 7 heteroatoms. The number of carbonyl (C=O) groups excluding carboxylic acids is 1. The molecule has 0 saturated carbocycles. The maximum absolute atomic E-state index is 12.5. The van der Waals surface area contributed by atoms with Crippen LogP contribution in [0.3, 0.4) is 0 Å². The molecule has 6 nitrogen and oxygen atoms in total. The quantitative estimate of drug-likeness (QED) is 0.618. The molecule has 2 aromatic rings. The van der Waals surface area contributed by atoms with Crippen molar-refractivity contribution in [2.75, 3.05) is 23.7 Å². The Morgan fingerprint density at radius 3 is 2.32 bits per heavy atom. The molecule has 0 fully saturated rings. The molecule has 0 aromatic heterocycles. The van der Waals surface area contributed by atoms with E-state index < -0.39 is 16.1 Å². The van der Waals surface area contributed by atoms with E-state index >= 15 is 0 Å². The second-order valence-corrected chi connectivity index (χ2v) is 8.40. The molecule has 152 valence electrons. The van der Waals surface area contributed by atoms with Crippen LogP contribution >= 0.6 is 0 Å². The minimum Gasteiger partial charge on any atom is -0.494 e. The Morgan fingerprint density at radius 2 is 1.75 bits per heavy atom. The molecule has 2 aromatic carbocycles. The van der Waals surface area contributed by atoms with Gasteiger partial charge in [0.2, 0.25) is 15.9 Å². The summed E-state index contributed by atoms with van der Waals surface area (Å²) in [6, 6.07) is 15.8. The SMILES string of the molecule is CCOc1ccc(N([C@H](C)C(=O)NCCCc2ccccc2)S(C)(=O)=O)cc1. The van der Waals surface area contributed by atoms with Crippen molar-refractivity contribution in [3.63, 3.8) is 0 Å². The summed E-state index contributed by atoms with van der Waals surface area (Å²) in [7, 11) is -3.63. The maximum Gasteiger partial charge on any atom is 0.243 e. The number of ether oxygens (including phenoxy) is 1. The number of sulfonamides is 1. The number of amides is 1. The molecule has 1 amide bonds. The molecule has 0 heterocycles. The predicted molar refractivity (Wildman–Crippen MR) is 112 cm³/mol. The minimum absolute atomic E-state index is 0.327. The Morgan fingerprint density at radius 1 is 1.11 bits per heavy atom. The van der Waals surface area contributed by atoms with Crippen LogP contribution in [-0.2, 0) is 21.2 Å². The monoisotopic (exact) mass is 404 g/mol. The number of rotatable bonds is 10. The maximum atomic E-state index is 12.5. The van der Waals surface area contributed by atoms with Crippen molar-refractivity contribution < 1.29 is 17.9 Å². The fraction of sp³-hybridized carbons (Fsp3) is 0.381. The number of aryl methyl sites for hydroxylation is 1. The topological polar surface area (TPSA) is 75.7 Å². The lowest BCUT2D eigenvalue weighted by Crippen LogP contribution is -2.48. The van der Waals surface area contributed by atoms with E-state index in [0.29, 0.717) is 24.6 Å².